The molecule has 0 unspecified atom stereocenters. The number of carboxylic acid groups (broad SMARTS) is 1. The number of likely N-dealkylation sites (tertiary alicyclic amines) is 1. The molecule has 0 aliphatic carbocycles. The molecule has 2 aliphatic heterocycles. The summed E-state index contributed by atoms with van der Waals surface area (Å²) in [4.78, 5) is 15.7. The molecule has 4 rings (SSSR count). The SMILES string of the molecule is O=C(O)CCN1CC[C@@H]2[C@@H](C1)c1ccccc1N2c1ccccc1. The van der Waals surface area contributed by atoms with Crippen molar-refractivity contribution in [2.45, 2.75) is 24.8 Å². The van der Waals surface area contributed by atoms with Crippen LogP contribution in [0.3, 0.4) is 0 Å². The molecule has 24 heavy (non-hydrogen) atoms. The number of anilines is 2. The second-order valence-electron chi connectivity index (χ2n) is 6.67. The first-order valence-electron chi connectivity index (χ1n) is 8.61. The lowest BCUT2D eigenvalue weighted by Crippen LogP contribution is -2.45. The van der Waals surface area contributed by atoms with Crippen LogP contribution in [0.25, 0.3) is 0 Å². The molecular weight excluding hydrogens is 300 g/mol. The highest BCUT2D eigenvalue weighted by molar-refractivity contribution is 5.73. The first-order valence-corrected chi connectivity index (χ1v) is 8.61. The minimum atomic E-state index is -0.713. The van der Waals surface area contributed by atoms with Crippen LogP contribution in [-0.4, -0.2) is 41.7 Å². The standard InChI is InChI=1S/C20H22N2O2/c23-20(24)11-13-21-12-10-19-17(14-21)16-8-4-5-9-18(16)22(19)15-6-2-1-3-7-15/h1-9,17,19H,10-14H2,(H,23,24)/t17-,19+/m0/s1. The number of hydrogen-bond donors (Lipinski definition) is 1. The van der Waals surface area contributed by atoms with Crippen LogP contribution in [0.2, 0.25) is 0 Å². The molecule has 2 heterocycles. The van der Waals surface area contributed by atoms with E-state index in [1.54, 1.807) is 0 Å². The van der Waals surface area contributed by atoms with Gasteiger partial charge in [-0.3, -0.25) is 4.79 Å². The monoisotopic (exact) mass is 322 g/mol. The first kappa shape index (κ1) is 15.2. The third kappa shape index (κ3) is 2.67. The number of aliphatic carboxylic acids is 1. The van der Waals surface area contributed by atoms with Gasteiger partial charge in [0.2, 0.25) is 0 Å². The van der Waals surface area contributed by atoms with Crippen molar-refractivity contribution < 1.29 is 9.90 Å². The van der Waals surface area contributed by atoms with Gasteiger partial charge in [-0.1, -0.05) is 36.4 Å². The number of rotatable bonds is 4. The van der Waals surface area contributed by atoms with Crippen molar-refractivity contribution in [3.63, 3.8) is 0 Å². The zero-order chi connectivity index (χ0) is 16.5. The molecule has 0 spiro atoms. The van der Waals surface area contributed by atoms with E-state index in [9.17, 15) is 4.79 Å². The normalized spacial score (nSPS) is 22.9. The van der Waals surface area contributed by atoms with Gasteiger partial charge < -0.3 is 14.9 Å². The van der Waals surface area contributed by atoms with Crippen LogP contribution in [0, 0.1) is 0 Å². The summed E-state index contributed by atoms with van der Waals surface area (Å²) >= 11 is 0. The third-order valence-corrected chi connectivity index (χ3v) is 5.26. The molecule has 2 aromatic rings. The van der Waals surface area contributed by atoms with Gasteiger partial charge in [-0.2, -0.15) is 0 Å². The molecule has 1 fully saturated rings. The summed E-state index contributed by atoms with van der Waals surface area (Å²) in [5, 5.41) is 8.95. The van der Waals surface area contributed by atoms with E-state index in [1.165, 1.54) is 16.9 Å². The second kappa shape index (κ2) is 6.29. The molecule has 2 atom stereocenters. The minimum Gasteiger partial charge on any atom is -0.481 e. The summed E-state index contributed by atoms with van der Waals surface area (Å²) in [6.07, 6.45) is 1.29. The Balaban J connectivity index is 1.63. The molecule has 1 N–H and O–H groups in total. The average molecular weight is 322 g/mol. The minimum absolute atomic E-state index is 0.224. The van der Waals surface area contributed by atoms with Crippen molar-refractivity contribution in [3.05, 3.63) is 60.2 Å². The zero-order valence-corrected chi connectivity index (χ0v) is 13.6. The molecule has 2 aromatic carbocycles. The Morgan fingerprint density at radius 1 is 1.08 bits per heavy atom. The quantitative estimate of drug-likeness (QED) is 0.936. The van der Waals surface area contributed by atoms with Gasteiger partial charge in [0.15, 0.2) is 0 Å². The van der Waals surface area contributed by atoms with Gasteiger partial charge in [0.25, 0.3) is 0 Å². The van der Waals surface area contributed by atoms with Gasteiger partial charge in [-0.25, -0.2) is 0 Å². The van der Waals surface area contributed by atoms with Crippen molar-refractivity contribution in [2.75, 3.05) is 24.5 Å². The maximum atomic E-state index is 10.9. The van der Waals surface area contributed by atoms with Crippen LogP contribution in [-0.2, 0) is 4.79 Å². The van der Waals surface area contributed by atoms with Crippen LogP contribution in [0.4, 0.5) is 11.4 Å². The molecule has 0 amide bonds. The van der Waals surface area contributed by atoms with Crippen molar-refractivity contribution in [1.82, 2.24) is 4.90 Å². The molecule has 0 bridgehead atoms. The number of nitrogens with zero attached hydrogens (tertiary/aromatic N) is 2. The smallest absolute Gasteiger partial charge is 0.304 e. The average Bonchev–Trinajstić information content (AvgIpc) is 2.94. The van der Waals surface area contributed by atoms with Gasteiger partial charge in [0, 0.05) is 43.0 Å². The summed E-state index contributed by atoms with van der Waals surface area (Å²) in [6, 6.07) is 19.7. The lowest BCUT2D eigenvalue weighted by molar-refractivity contribution is -0.137. The lowest BCUT2D eigenvalue weighted by atomic mass is 9.89. The number of hydrogen-bond acceptors (Lipinski definition) is 3. The van der Waals surface area contributed by atoms with Crippen LogP contribution >= 0.6 is 0 Å². The van der Waals surface area contributed by atoms with E-state index < -0.39 is 5.97 Å². The molecule has 4 heteroatoms. The predicted molar refractivity (Wildman–Crippen MR) is 94.9 cm³/mol. The summed E-state index contributed by atoms with van der Waals surface area (Å²) in [6.45, 7) is 2.55. The maximum absolute atomic E-state index is 10.9. The van der Waals surface area contributed by atoms with Gasteiger partial charge in [-0.05, 0) is 30.2 Å². The van der Waals surface area contributed by atoms with Crippen molar-refractivity contribution in [3.8, 4) is 0 Å². The van der Waals surface area contributed by atoms with Gasteiger partial charge in [-0.15, -0.1) is 0 Å². The Bertz CT molecular complexity index is 731. The zero-order valence-electron chi connectivity index (χ0n) is 13.6. The highest BCUT2D eigenvalue weighted by Gasteiger charge is 2.42. The van der Waals surface area contributed by atoms with Gasteiger partial charge in [0.1, 0.15) is 0 Å². The van der Waals surface area contributed by atoms with Gasteiger partial charge >= 0.3 is 5.97 Å². The van der Waals surface area contributed by atoms with Crippen LogP contribution in [0.1, 0.15) is 24.3 Å². The fraction of sp³-hybridized carbons (Fsp3) is 0.350. The van der Waals surface area contributed by atoms with Crippen molar-refractivity contribution >= 4 is 17.3 Å². The van der Waals surface area contributed by atoms with E-state index in [4.69, 9.17) is 5.11 Å². The number of piperidine rings is 1. The Kier molecular flexibility index (Phi) is 3.98. The number of para-hydroxylation sites is 2. The third-order valence-electron chi connectivity index (χ3n) is 5.26. The summed E-state index contributed by atoms with van der Waals surface area (Å²) in [5.74, 6) is -0.265. The van der Waals surface area contributed by atoms with E-state index >= 15 is 0 Å². The summed E-state index contributed by atoms with van der Waals surface area (Å²) < 4.78 is 0. The fourth-order valence-corrected chi connectivity index (χ4v) is 4.20. The first-order chi connectivity index (χ1) is 11.7. The van der Waals surface area contributed by atoms with Crippen LogP contribution in [0.5, 0.6) is 0 Å². The highest BCUT2D eigenvalue weighted by atomic mass is 16.4. The Labute approximate surface area is 142 Å². The maximum Gasteiger partial charge on any atom is 0.304 e. The number of fused-ring (bicyclic) bond motifs is 3. The molecule has 1 saturated heterocycles. The number of carbonyl (C=O) groups is 1. The predicted octanol–water partition coefficient (Wildman–Crippen LogP) is 3.47. The molecule has 0 saturated carbocycles. The lowest BCUT2D eigenvalue weighted by Gasteiger charge is -2.38. The largest absolute Gasteiger partial charge is 0.481 e. The van der Waals surface area contributed by atoms with Gasteiger partial charge in [0.05, 0.1) is 6.42 Å². The summed E-state index contributed by atoms with van der Waals surface area (Å²) in [7, 11) is 0. The van der Waals surface area contributed by atoms with Crippen molar-refractivity contribution in [2.24, 2.45) is 0 Å². The number of carboxylic acids is 1. The van der Waals surface area contributed by atoms with E-state index in [0.717, 1.165) is 19.5 Å². The molecular formula is C20H22N2O2. The second-order valence-corrected chi connectivity index (χ2v) is 6.67. The molecule has 0 radical (unpaired) electrons. The molecule has 0 aromatic heterocycles. The number of benzene rings is 2. The van der Waals surface area contributed by atoms with Crippen molar-refractivity contribution in [1.29, 1.82) is 0 Å². The highest BCUT2D eigenvalue weighted by Crippen LogP contribution is 2.48. The van der Waals surface area contributed by atoms with Crippen LogP contribution < -0.4 is 4.90 Å². The van der Waals surface area contributed by atoms with E-state index in [1.807, 2.05) is 0 Å². The molecule has 124 valence electrons. The molecule has 2 aliphatic rings. The van der Waals surface area contributed by atoms with E-state index in [0.29, 0.717) is 18.5 Å². The Hall–Kier alpha value is -2.33. The van der Waals surface area contributed by atoms with Crippen LogP contribution in [0.15, 0.2) is 54.6 Å². The summed E-state index contributed by atoms with van der Waals surface area (Å²) in [5.41, 5.74) is 3.95. The fourth-order valence-electron chi connectivity index (χ4n) is 4.20. The Morgan fingerprint density at radius 3 is 2.62 bits per heavy atom. The topological polar surface area (TPSA) is 43.8 Å². The van der Waals surface area contributed by atoms with E-state index in [-0.39, 0.29) is 6.42 Å². The molecule has 4 nitrogen and oxygen atoms in total. The van der Waals surface area contributed by atoms with E-state index in [2.05, 4.69) is 64.4 Å². The Morgan fingerprint density at radius 2 is 1.83 bits per heavy atom.